The van der Waals surface area contributed by atoms with Crippen LogP contribution in [0.5, 0.6) is 0 Å². The van der Waals surface area contributed by atoms with E-state index < -0.39 is 0 Å². The van der Waals surface area contributed by atoms with E-state index >= 15 is 0 Å². The maximum Gasteiger partial charge on any atom is 0.232 e. The number of benzene rings is 1. The third kappa shape index (κ3) is 4.76. The molecule has 0 bridgehead atoms. The number of nitrogens with zero attached hydrogens (tertiary/aromatic N) is 5. The molecule has 1 aliphatic heterocycles. The van der Waals surface area contributed by atoms with Gasteiger partial charge < -0.3 is 0 Å². The van der Waals surface area contributed by atoms with Crippen LogP contribution in [-0.4, -0.2) is 52.6 Å². The van der Waals surface area contributed by atoms with E-state index in [1.807, 2.05) is 6.07 Å². The number of hydrogen-bond acceptors (Lipinski definition) is 5. The first kappa shape index (κ1) is 20.4. The predicted molar refractivity (Wildman–Crippen MR) is 113 cm³/mol. The molecule has 1 fully saturated rings. The van der Waals surface area contributed by atoms with Gasteiger partial charge in [0.1, 0.15) is 6.07 Å². The SMILES string of the molecule is CCN1CCCC1N(C)CCCc1cc(-c2ccc(C)c(C)c2)nc(C#N)n1. The third-order valence-corrected chi connectivity index (χ3v) is 5.87. The number of aryl methyl sites for hydroxylation is 3. The highest BCUT2D eigenvalue weighted by Crippen LogP contribution is 2.22. The molecule has 1 aromatic heterocycles. The summed E-state index contributed by atoms with van der Waals surface area (Å²) in [4.78, 5) is 13.9. The van der Waals surface area contributed by atoms with Crippen LogP contribution in [0, 0.1) is 25.2 Å². The van der Waals surface area contributed by atoms with Gasteiger partial charge >= 0.3 is 0 Å². The van der Waals surface area contributed by atoms with Crippen LogP contribution in [0.3, 0.4) is 0 Å². The molecule has 0 amide bonds. The summed E-state index contributed by atoms with van der Waals surface area (Å²) in [6.45, 7) is 9.81. The molecule has 2 heterocycles. The lowest BCUT2D eigenvalue weighted by Crippen LogP contribution is -2.42. The molecule has 1 aromatic carbocycles. The smallest absolute Gasteiger partial charge is 0.232 e. The van der Waals surface area contributed by atoms with Gasteiger partial charge in [0.25, 0.3) is 0 Å². The van der Waals surface area contributed by atoms with E-state index in [2.05, 4.69) is 71.9 Å². The van der Waals surface area contributed by atoms with Crippen molar-refractivity contribution in [1.82, 2.24) is 19.8 Å². The lowest BCUT2D eigenvalue weighted by atomic mass is 10.0. The molecule has 3 rings (SSSR count). The number of rotatable bonds is 7. The molecule has 1 atom stereocenters. The molecule has 5 heteroatoms. The van der Waals surface area contributed by atoms with Crippen molar-refractivity contribution in [2.45, 2.75) is 52.6 Å². The number of nitriles is 1. The fourth-order valence-corrected chi connectivity index (χ4v) is 4.06. The van der Waals surface area contributed by atoms with Crippen molar-refractivity contribution < 1.29 is 0 Å². The summed E-state index contributed by atoms with van der Waals surface area (Å²) < 4.78 is 0. The molecule has 2 aromatic rings. The van der Waals surface area contributed by atoms with Gasteiger partial charge in [-0.1, -0.05) is 19.1 Å². The van der Waals surface area contributed by atoms with Crippen LogP contribution < -0.4 is 0 Å². The van der Waals surface area contributed by atoms with E-state index in [0.29, 0.717) is 6.17 Å². The highest BCUT2D eigenvalue weighted by Gasteiger charge is 2.26. The van der Waals surface area contributed by atoms with Gasteiger partial charge in [-0.2, -0.15) is 5.26 Å². The van der Waals surface area contributed by atoms with Crippen molar-refractivity contribution in [2.75, 3.05) is 26.7 Å². The lowest BCUT2D eigenvalue weighted by molar-refractivity contribution is 0.101. The predicted octanol–water partition coefficient (Wildman–Crippen LogP) is 3.94. The van der Waals surface area contributed by atoms with Gasteiger partial charge in [0.15, 0.2) is 0 Å². The first-order chi connectivity index (χ1) is 13.5. The van der Waals surface area contributed by atoms with Crippen molar-refractivity contribution in [2.24, 2.45) is 0 Å². The van der Waals surface area contributed by atoms with Crippen LogP contribution in [0.2, 0.25) is 0 Å². The zero-order valence-electron chi connectivity index (χ0n) is 17.6. The maximum absolute atomic E-state index is 9.36. The summed E-state index contributed by atoms with van der Waals surface area (Å²) in [7, 11) is 2.22. The summed E-state index contributed by atoms with van der Waals surface area (Å²) in [6, 6.07) is 10.5. The first-order valence-electron chi connectivity index (χ1n) is 10.3. The topological polar surface area (TPSA) is 56.0 Å². The Bertz CT molecular complexity index is 855. The van der Waals surface area contributed by atoms with Gasteiger partial charge in [-0.3, -0.25) is 9.80 Å². The molecule has 148 valence electrons. The average Bonchev–Trinajstić information content (AvgIpc) is 3.18. The van der Waals surface area contributed by atoms with Gasteiger partial charge in [-0.05, 0) is 89.5 Å². The Hall–Kier alpha value is -2.29. The zero-order chi connectivity index (χ0) is 20.1. The molecule has 28 heavy (non-hydrogen) atoms. The van der Waals surface area contributed by atoms with Gasteiger partial charge in [0.2, 0.25) is 5.82 Å². The molecule has 5 nitrogen and oxygen atoms in total. The van der Waals surface area contributed by atoms with Crippen LogP contribution in [0.4, 0.5) is 0 Å². The van der Waals surface area contributed by atoms with Crippen molar-refractivity contribution in [3.8, 4) is 17.3 Å². The number of aromatic nitrogens is 2. The van der Waals surface area contributed by atoms with Gasteiger partial charge in [0, 0.05) is 11.3 Å². The van der Waals surface area contributed by atoms with E-state index in [-0.39, 0.29) is 5.82 Å². The molecular weight excluding hydrogens is 346 g/mol. The summed E-state index contributed by atoms with van der Waals surface area (Å²) >= 11 is 0. The normalized spacial score (nSPS) is 17.2. The van der Waals surface area contributed by atoms with E-state index in [1.54, 1.807) is 0 Å². The van der Waals surface area contributed by atoms with Crippen LogP contribution in [0.1, 0.15) is 48.8 Å². The second kappa shape index (κ2) is 9.27. The first-order valence-corrected chi connectivity index (χ1v) is 10.3. The monoisotopic (exact) mass is 377 g/mol. The summed E-state index contributed by atoms with van der Waals surface area (Å²) in [5, 5.41) is 9.36. The van der Waals surface area contributed by atoms with Crippen molar-refractivity contribution in [3.05, 3.63) is 46.9 Å². The highest BCUT2D eigenvalue weighted by molar-refractivity contribution is 5.61. The Morgan fingerprint density at radius 3 is 2.75 bits per heavy atom. The molecule has 0 radical (unpaired) electrons. The van der Waals surface area contributed by atoms with Crippen LogP contribution in [0.15, 0.2) is 24.3 Å². The molecule has 0 N–H and O–H groups in total. The standard InChI is InChI=1S/C23H31N5/c1-5-28-13-7-9-23(28)27(4)12-6-8-20-15-21(26-22(16-24)25-20)19-11-10-17(2)18(3)14-19/h10-11,14-15,23H,5-9,12-13H2,1-4H3. The minimum Gasteiger partial charge on any atom is -0.291 e. The van der Waals surface area contributed by atoms with Crippen molar-refractivity contribution in [3.63, 3.8) is 0 Å². The number of hydrogen-bond donors (Lipinski definition) is 0. The van der Waals surface area contributed by atoms with Crippen molar-refractivity contribution in [1.29, 1.82) is 5.26 Å². The Morgan fingerprint density at radius 2 is 2.04 bits per heavy atom. The molecular formula is C23H31N5. The van der Waals surface area contributed by atoms with Crippen LogP contribution in [-0.2, 0) is 6.42 Å². The summed E-state index contributed by atoms with van der Waals surface area (Å²) in [6.07, 6.45) is 5.00. The highest BCUT2D eigenvalue weighted by atomic mass is 15.3. The van der Waals surface area contributed by atoms with E-state index in [0.717, 1.165) is 42.9 Å². The Kier molecular flexibility index (Phi) is 6.77. The molecule has 1 saturated heterocycles. The van der Waals surface area contributed by atoms with E-state index in [9.17, 15) is 5.26 Å². The Balaban J connectivity index is 1.68. The van der Waals surface area contributed by atoms with Gasteiger partial charge in [-0.15, -0.1) is 0 Å². The quantitative estimate of drug-likeness (QED) is 0.731. The van der Waals surface area contributed by atoms with Gasteiger partial charge in [0.05, 0.1) is 11.9 Å². The minimum atomic E-state index is 0.257. The van der Waals surface area contributed by atoms with Crippen LogP contribution >= 0.6 is 0 Å². The minimum absolute atomic E-state index is 0.257. The Morgan fingerprint density at radius 1 is 1.21 bits per heavy atom. The molecule has 0 saturated carbocycles. The lowest BCUT2D eigenvalue weighted by Gasteiger charge is -2.31. The van der Waals surface area contributed by atoms with Crippen LogP contribution in [0.25, 0.3) is 11.3 Å². The fourth-order valence-electron chi connectivity index (χ4n) is 4.06. The van der Waals surface area contributed by atoms with E-state index in [1.165, 1.54) is 30.5 Å². The molecule has 1 unspecified atom stereocenters. The molecule has 0 spiro atoms. The summed E-state index contributed by atoms with van der Waals surface area (Å²) in [5.74, 6) is 0.257. The van der Waals surface area contributed by atoms with Gasteiger partial charge in [-0.25, -0.2) is 9.97 Å². The fraction of sp³-hybridized carbons (Fsp3) is 0.522. The maximum atomic E-state index is 9.36. The van der Waals surface area contributed by atoms with E-state index in [4.69, 9.17) is 0 Å². The average molecular weight is 378 g/mol. The zero-order valence-corrected chi connectivity index (χ0v) is 17.6. The molecule has 0 aliphatic carbocycles. The second-order valence-electron chi connectivity index (χ2n) is 7.81. The Labute approximate surface area is 169 Å². The van der Waals surface area contributed by atoms with Crippen molar-refractivity contribution >= 4 is 0 Å². The third-order valence-electron chi connectivity index (χ3n) is 5.87. The largest absolute Gasteiger partial charge is 0.291 e. The second-order valence-corrected chi connectivity index (χ2v) is 7.81. The number of likely N-dealkylation sites (tertiary alicyclic amines) is 1. The summed E-state index contributed by atoms with van der Waals surface area (Å²) in [5.41, 5.74) is 5.33. The molecule has 1 aliphatic rings.